The van der Waals surface area contributed by atoms with Gasteiger partial charge in [-0.05, 0) is 48.5 Å². The molecule has 0 bridgehead atoms. The van der Waals surface area contributed by atoms with Crippen LogP contribution in [0.4, 0.5) is 10.1 Å². The van der Waals surface area contributed by atoms with Crippen molar-refractivity contribution in [3.8, 4) is 0 Å². The van der Waals surface area contributed by atoms with E-state index < -0.39 is 11.7 Å². The molecule has 8 heteroatoms. The number of hydrogen-bond acceptors (Lipinski definition) is 4. The summed E-state index contributed by atoms with van der Waals surface area (Å²) >= 11 is 0. The van der Waals surface area contributed by atoms with Crippen LogP contribution >= 0.6 is 0 Å². The van der Waals surface area contributed by atoms with E-state index in [9.17, 15) is 18.8 Å². The zero-order valence-electron chi connectivity index (χ0n) is 17.2. The maximum Gasteiger partial charge on any atom is 0.262 e. The number of anilines is 1. The van der Waals surface area contributed by atoms with Gasteiger partial charge >= 0.3 is 0 Å². The molecule has 0 saturated heterocycles. The maximum atomic E-state index is 13.8. The zero-order valence-corrected chi connectivity index (χ0v) is 17.2. The molecule has 0 aliphatic heterocycles. The van der Waals surface area contributed by atoms with Crippen LogP contribution < -0.4 is 10.9 Å². The van der Waals surface area contributed by atoms with Gasteiger partial charge in [-0.15, -0.1) is 0 Å². The van der Waals surface area contributed by atoms with Gasteiger partial charge in [-0.3, -0.25) is 23.4 Å². The second kappa shape index (κ2) is 8.16. The molecule has 0 fully saturated rings. The lowest BCUT2D eigenvalue weighted by molar-refractivity contribution is 0.0971. The van der Waals surface area contributed by atoms with Gasteiger partial charge in [0.15, 0.2) is 5.78 Å². The predicted octanol–water partition coefficient (Wildman–Crippen LogP) is 3.92. The van der Waals surface area contributed by atoms with Crippen molar-refractivity contribution in [3.05, 3.63) is 113 Å². The normalized spacial score (nSPS) is 11.1. The summed E-state index contributed by atoms with van der Waals surface area (Å²) in [5.41, 5.74) is 1.67. The standard InChI is InChI=1S/C25H17FN4O3/c26-20-7-3-1-5-18(20)24(32)28-17-11-9-16(10-12-17)22(31)14-29-23-13-27-15-30(23)21-8-4-2-6-19(21)25(29)33/h1-13,15H,14H2,(H,28,32). The number of aromatic nitrogens is 3. The zero-order chi connectivity index (χ0) is 22.9. The van der Waals surface area contributed by atoms with Crippen LogP contribution in [0.15, 0.2) is 90.1 Å². The van der Waals surface area contributed by atoms with Crippen molar-refractivity contribution < 1.29 is 14.0 Å². The Labute approximate surface area is 186 Å². The Morgan fingerprint density at radius 1 is 0.939 bits per heavy atom. The molecule has 2 aromatic heterocycles. The van der Waals surface area contributed by atoms with E-state index in [0.717, 1.165) is 0 Å². The third-order valence-electron chi connectivity index (χ3n) is 5.42. The lowest BCUT2D eigenvalue weighted by Gasteiger charge is -2.11. The Morgan fingerprint density at radius 2 is 1.67 bits per heavy atom. The van der Waals surface area contributed by atoms with Crippen LogP contribution in [0.25, 0.3) is 16.6 Å². The largest absolute Gasteiger partial charge is 0.322 e. The molecule has 0 atom stereocenters. The number of rotatable bonds is 5. The third-order valence-corrected chi connectivity index (χ3v) is 5.42. The van der Waals surface area contributed by atoms with Crippen molar-refractivity contribution in [1.29, 1.82) is 0 Å². The smallest absolute Gasteiger partial charge is 0.262 e. The number of benzene rings is 3. The van der Waals surface area contributed by atoms with Crippen LogP contribution in [0, 0.1) is 5.82 Å². The summed E-state index contributed by atoms with van der Waals surface area (Å²) in [6.45, 7) is -0.167. The molecule has 0 aliphatic rings. The Morgan fingerprint density at radius 3 is 2.45 bits per heavy atom. The van der Waals surface area contributed by atoms with Crippen LogP contribution in [0.1, 0.15) is 20.7 Å². The Hall–Kier alpha value is -4.59. The molecule has 5 rings (SSSR count). The first-order chi connectivity index (χ1) is 16.0. The van der Waals surface area contributed by atoms with Crippen molar-refractivity contribution in [2.75, 3.05) is 5.32 Å². The van der Waals surface area contributed by atoms with E-state index in [1.165, 1.54) is 22.8 Å². The predicted molar refractivity (Wildman–Crippen MR) is 122 cm³/mol. The summed E-state index contributed by atoms with van der Waals surface area (Å²) in [7, 11) is 0. The molecule has 1 N–H and O–H groups in total. The SMILES string of the molecule is O=C(Cn1c(=O)c2ccccc2n2cncc12)c1ccc(NC(=O)c2ccccc2F)cc1. The van der Waals surface area contributed by atoms with Crippen molar-refractivity contribution in [2.45, 2.75) is 6.54 Å². The fourth-order valence-corrected chi connectivity index (χ4v) is 3.76. The summed E-state index contributed by atoms with van der Waals surface area (Å²) in [4.78, 5) is 42.4. The average molecular weight is 440 g/mol. The van der Waals surface area contributed by atoms with E-state index in [1.807, 2.05) is 12.1 Å². The van der Waals surface area contributed by atoms with E-state index in [1.54, 1.807) is 59.4 Å². The number of fused-ring (bicyclic) bond motifs is 3. The van der Waals surface area contributed by atoms with E-state index >= 15 is 0 Å². The summed E-state index contributed by atoms with van der Waals surface area (Å²) in [6, 6.07) is 19.1. The highest BCUT2D eigenvalue weighted by atomic mass is 19.1. The third kappa shape index (κ3) is 3.67. The minimum absolute atomic E-state index is 0.0712. The minimum Gasteiger partial charge on any atom is -0.322 e. The van der Waals surface area contributed by atoms with Gasteiger partial charge in [0.25, 0.3) is 11.5 Å². The number of halogens is 1. The van der Waals surface area contributed by atoms with E-state index in [2.05, 4.69) is 10.3 Å². The molecule has 33 heavy (non-hydrogen) atoms. The van der Waals surface area contributed by atoms with Gasteiger partial charge in [0.05, 0.1) is 29.2 Å². The molecule has 2 heterocycles. The first-order valence-corrected chi connectivity index (χ1v) is 10.2. The highest BCUT2D eigenvalue weighted by molar-refractivity contribution is 6.05. The quantitative estimate of drug-likeness (QED) is 0.420. The van der Waals surface area contributed by atoms with Gasteiger partial charge in [-0.25, -0.2) is 9.37 Å². The Bertz CT molecular complexity index is 1590. The van der Waals surface area contributed by atoms with Crippen LogP contribution in [-0.4, -0.2) is 25.6 Å². The number of nitrogens with one attached hydrogen (secondary N) is 1. The fraction of sp³-hybridized carbons (Fsp3) is 0.0400. The number of amides is 1. The van der Waals surface area contributed by atoms with Crippen LogP contribution in [0.5, 0.6) is 0 Å². The molecule has 5 aromatic rings. The number of Topliss-reactive ketones (excluding diaryl/α,β-unsaturated/α-hetero) is 1. The number of nitrogens with zero attached hydrogens (tertiary/aromatic N) is 3. The van der Waals surface area contributed by atoms with E-state index in [0.29, 0.717) is 27.8 Å². The van der Waals surface area contributed by atoms with Gasteiger partial charge in [0, 0.05) is 11.3 Å². The van der Waals surface area contributed by atoms with Crippen molar-refractivity contribution in [2.24, 2.45) is 0 Å². The lowest BCUT2D eigenvalue weighted by Crippen LogP contribution is -2.26. The second-order valence-corrected chi connectivity index (χ2v) is 7.46. The van der Waals surface area contributed by atoms with E-state index in [4.69, 9.17) is 0 Å². The highest BCUT2D eigenvalue weighted by Gasteiger charge is 2.15. The molecule has 3 aromatic carbocycles. The number of carbonyl (C=O) groups is 2. The fourth-order valence-electron chi connectivity index (χ4n) is 3.76. The number of hydrogen-bond donors (Lipinski definition) is 1. The molecule has 0 aliphatic carbocycles. The molecular formula is C25H17FN4O3. The summed E-state index contributed by atoms with van der Waals surface area (Å²) in [6.07, 6.45) is 3.15. The number of para-hydroxylation sites is 1. The second-order valence-electron chi connectivity index (χ2n) is 7.46. The Kier molecular flexibility index (Phi) is 5.02. The molecule has 162 valence electrons. The molecule has 0 saturated carbocycles. The van der Waals surface area contributed by atoms with E-state index in [-0.39, 0.29) is 23.5 Å². The number of carbonyl (C=O) groups excluding carboxylic acids is 2. The van der Waals surface area contributed by atoms with Gasteiger partial charge in [0.1, 0.15) is 17.8 Å². The van der Waals surface area contributed by atoms with Crippen molar-refractivity contribution >= 4 is 33.9 Å². The first kappa shape index (κ1) is 20.3. The monoisotopic (exact) mass is 440 g/mol. The van der Waals surface area contributed by atoms with Crippen molar-refractivity contribution in [3.63, 3.8) is 0 Å². The molecule has 0 unspecified atom stereocenters. The van der Waals surface area contributed by atoms with Gasteiger partial charge in [-0.1, -0.05) is 24.3 Å². The van der Waals surface area contributed by atoms with Gasteiger partial charge < -0.3 is 5.32 Å². The van der Waals surface area contributed by atoms with Gasteiger partial charge in [-0.2, -0.15) is 0 Å². The Balaban J connectivity index is 1.40. The molecule has 7 nitrogen and oxygen atoms in total. The number of imidazole rings is 1. The molecule has 0 spiro atoms. The van der Waals surface area contributed by atoms with Crippen molar-refractivity contribution in [1.82, 2.24) is 14.0 Å². The van der Waals surface area contributed by atoms with Crippen LogP contribution in [0.2, 0.25) is 0 Å². The number of ketones is 1. The highest BCUT2D eigenvalue weighted by Crippen LogP contribution is 2.16. The minimum atomic E-state index is -0.617. The summed E-state index contributed by atoms with van der Waals surface area (Å²) in [5, 5.41) is 3.10. The molecular weight excluding hydrogens is 423 g/mol. The van der Waals surface area contributed by atoms with Crippen LogP contribution in [0.3, 0.4) is 0 Å². The lowest BCUT2D eigenvalue weighted by atomic mass is 10.1. The average Bonchev–Trinajstić information content (AvgIpc) is 3.32. The first-order valence-electron chi connectivity index (χ1n) is 10.2. The summed E-state index contributed by atoms with van der Waals surface area (Å²) < 4.78 is 17.0. The maximum absolute atomic E-state index is 13.8. The topological polar surface area (TPSA) is 85.5 Å². The molecule has 1 amide bonds. The van der Waals surface area contributed by atoms with Crippen LogP contribution in [-0.2, 0) is 6.54 Å². The van der Waals surface area contributed by atoms with Gasteiger partial charge in [0.2, 0.25) is 0 Å². The molecule has 0 radical (unpaired) electrons. The summed E-state index contributed by atoms with van der Waals surface area (Å²) in [5.74, 6) is -1.48.